The largest absolute Gasteiger partial charge is 0.391 e. The molecular weight excluding hydrogens is 253 g/mol. The Kier molecular flexibility index (Phi) is 3.91. The Labute approximate surface area is 113 Å². The Morgan fingerprint density at radius 1 is 1.16 bits per heavy atom. The molecule has 1 aliphatic carbocycles. The molecule has 0 aromatic heterocycles. The van der Waals surface area contributed by atoms with Crippen LogP contribution in [-0.4, -0.2) is 36.2 Å². The molecule has 112 valence electrons. The third-order valence-corrected chi connectivity index (χ3v) is 5.11. The van der Waals surface area contributed by atoms with Crippen LogP contribution < -0.4 is 5.73 Å². The molecule has 0 unspecified atom stereocenters. The van der Waals surface area contributed by atoms with Gasteiger partial charge in [-0.15, -0.1) is 0 Å². The van der Waals surface area contributed by atoms with Crippen LogP contribution in [0.25, 0.3) is 0 Å². The highest BCUT2D eigenvalue weighted by Gasteiger charge is 2.49. The topological polar surface area (TPSA) is 29.3 Å². The van der Waals surface area contributed by atoms with Gasteiger partial charge in [-0.2, -0.15) is 13.2 Å². The molecule has 1 saturated carbocycles. The van der Waals surface area contributed by atoms with Crippen LogP contribution in [0.3, 0.4) is 0 Å². The van der Waals surface area contributed by atoms with Crippen molar-refractivity contribution in [3.8, 4) is 0 Å². The molecule has 2 rings (SSSR count). The molecule has 2 fully saturated rings. The van der Waals surface area contributed by atoms with E-state index in [9.17, 15) is 13.2 Å². The minimum Gasteiger partial charge on any atom is -0.329 e. The Balaban J connectivity index is 2.03. The zero-order chi connectivity index (χ0) is 14.3. The lowest BCUT2D eigenvalue weighted by atomic mass is 9.75. The molecule has 2 N–H and O–H groups in total. The van der Waals surface area contributed by atoms with Crippen molar-refractivity contribution in [1.29, 1.82) is 0 Å². The Hall–Kier alpha value is -0.290. The minimum absolute atomic E-state index is 0.185. The van der Waals surface area contributed by atoms with Gasteiger partial charge in [-0.25, -0.2) is 0 Å². The highest BCUT2D eigenvalue weighted by atomic mass is 19.4. The maximum Gasteiger partial charge on any atom is 0.391 e. The molecule has 1 heterocycles. The summed E-state index contributed by atoms with van der Waals surface area (Å²) in [6, 6.07) is 0. The number of nitrogens with two attached hydrogens (primary N) is 1. The van der Waals surface area contributed by atoms with Gasteiger partial charge in [0, 0.05) is 18.6 Å². The van der Waals surface area contributed by atoms with Gasteiger partial charge < -0.3 is 5.73 Å². The Morgan fingerprint density at radius 3 is 2.11 bits per heavy atom. The zero-order valence-corrected chi connectivity index (χ0v) is 11.9. The van der Waals surface area contributed by atoms with Crippen LogP contribution in [0.5, 0.6) is 0 Å². The molecular formula is C14H25F3N2. The van der Waals surface area contributed by atoms with Crippen LogP contribution >= 0.6 is 0 Å². The molecule has 1 aliphatic heterocycles. The van der Waals surface area contributed by atoms with E-state index >= 15 is 0 Å². The van der Waals surface area contributed by atoms with E-state index in [1.54, 1.807) is 0 Å². The number of likely N-dealkylation sites (tertiary alicyclic amines) is 1. The lowest BCUT2D eigenvalue weighted by Crippen LogP contribution is -2.56. The highest BCUT2D eigenvalue weighted by molar-refractivity contribution is 5.00. The average Bonchev–Trinajstić information content (AvgIpc) is 2.69. The van der Waals surface area contributed by atoms with Crippen molar-refractivity contribution in [3.63, 3.8) is 0 Å². The van der Waals surface area contributed by atoms with E-state index < -0.39 is 12.1 Å². The summed E-state index contributed by atoms with van der Waals surface area (Å²) in [5.74, 6) is -1.12. The van der Waals surface area contributed by atoms with Crippen molar-refractivity contribution in [2.75, 3.05) is 19.6 Å². The molecule has 2 aliphatic rings. The highest BCUT2D eigenvalue weighted by Crippen LogP contribution is 2.45. The smallest absolute Gasteiger partial charge is 0.329 e. The van der Waals surface area contributed by atoms with Crippen molar-refractivity contribution in [2.45, 2.75) is 57.7 Å². The van der Waals surface area contributed by atoms with Gasteiger partial charge in [0.2, 0.25) is 0 Å². The van der Waals surface area contributed by atoms with Gasteiger partial charge in [0.05, 0.1) is 5.92 Å². The second-order valence-corrected chi connectivity index (χ2v) is 7.08. The van der Waals surface area contributed by atoms with Crippen LogP contribution in [0.15, 0.2) is 0 Å². The summed E-state index contributed by atoms with van der Waals surface area (Å²) < 4.78 is 38.3. The molecule has 0 amide bonds. The van der Waals surface area contributed by atoms with Gasteiger partial charge in [0.25, 0.3) is 0 Å². The van der Waals surface area contributed by atoms with Crippen LogP contribution in [0.4, 0.5) is 13.2 Å². The first kappa shape index (κ1) is 15.1. The molecule has 5 heteroatoms. The van der Waals surface area contributed by atoms with Gasteiger partial charge in [0.15, 0.2) is 0 Å². The normalized spacial score (nSPS) is 36.6. The summed E-state index contributed by atoms with van der Waals surface area (Å²) in [5.41, 5.74) is 6.02. The molecule has 1 saturated heterocycles. The van der Waals surface area contributed by atoms with E-state index in [0.717, 1.165) is 19.5 Å². The van der Waals surface area contributed by atoms with Crippen molar-refractivity contribution in [2.24, 2.45) is 17.1 Å². The first-order chi connectivity index (χ1) is 8.69. The summed E-state index contributed by atoms with van der Waals surface area (Å²) >= 11 is 0. The van der Waals surface area contributed by atoms with Crippen molar-refractivity contribution in [1.82, 2.24) is 4.90 Å². The van der Waals surface area contributed by atoms with Crippen LogP contribution in [0.1, 0.15) is 46.0 Å². The van der Waals surface area contributed by atoms with Crippen LogP contribution in [0, 0.1) is 11.3 Å². The van der Waals surface area contributed by atoms with Gasteiger partial charge in [0.1, 0.15) is 0 Å². The standard InChI is InChI=1S/C14H25F3N2/c1-12(2)7-8-19(10-12)13(9-18)5-3-11(4-6-13)14(15,16)17/h11H,3-10,18H2,1-2H3. The minimum atomic E-state index is -4.04. The van der Waals surface area contributed by atoms with E-state index in [4.69, 9.17) is 5.73 Å². The van der Waals surface area contributed by atoms with Crippen molar-refractivity contribution in [3.05, 3.63) is 0 Å². The fourth-order valence-corrected chi connectivity index (χ4v) is 3.65. The molecule has 0 aromatic rings. The van der Waals surface area contributed by atoms with E-state index in [1.165, 1.54) is 0 Å². The maximum atomic E-state index is 12.8. The van der Waals surface area contributed by atoms with E-state index in [2.05, 4.69) is 18.7 Å². The van der Waals surface area contributed by atoms with Crippen molar-refractivity contribution < 1.29 is 13.2 Å². The number of nitrogens with zero attached hydrogens (tertiary/aromatic N) is 1. The number of hydrogen-bond donors (Lipinski definition) is 1. The molecule has 0 aromatic carbocycles. The molecule has 0 bridgehead atoms. The predicted octanol–water partition coefficient (Wildman–Crippen LogP) is 3.17. The molecule has 0 radical (unpaired) electrons. The SMILES string of the molecule is CC1(C)CCN(C2(CN)CCC(C(F)(F)F)CC2)C1. The van der Waals surface area contributed by atoms with Gasteiger partial charge >= 0.3 is 6.18 Å². The molecule has 0 spiro atoms. The quantitative estimate of drug-likeness (QED) is 0.840. The number of halogens is 3. The van der Waals surface area contributed by atoms with E-state index in [1.807, 2.05) is 0 Å². The van der Waals surface area contributed by atoms with Gasteiger partial charge in [-0.1, -0.05) is 13.8 Å². The van der Waals surface area contributed by atoms with Crippen LogP contribution in [-0.2, 0) is 0 Å². The lowest BCUT2D eigenvalue weighted by Gasteiger charge is -2.46. The second kappa shape index (κ2) is 4.92. The summed E-state index contributed by atoms with van der Waals surface area (Å²) in [6.07, 6.45) is -1.29. The van der Waals surface area contributed by atoms with E-state index in [-0.39, 0.29) is 23.8 Å². The summed E-state index contributed by atoms with van der Waals surface area (Å²) in [4.78, 5) is 2.36. The number of hydrogen-bond acceptors (Lipinski definition) is 2. The van der Waals surface area contributed by atoms with E-state index in [0.29, 0.717) is 19.4 Å². The summed E-state index contributed by atoms with van der Waals surface area (Å²) in [6.45, 7) is 6.85. The second-order valence-electron chi connectivity index (χ2n) is 7.08. The summed E-state index contributed by atoms with van der Waals surface area (Å²) in [7, 11) is 0. The maximum absolute atomic E-state index is 12.8. The first-order valence-electron chi connectivity index (χ1n) is 7.20. The third-order valence-electron chi connectivity index (χ3n) is 5.11. The van der Waals surface area contributed by atoms with Gasteiger partial charge in [-0.05, 0) is 44.1 Å². The number of alkyl halides is 3. The fourth-order valence-electron chi connectivity index (χ4n) is 3.65. The van der Waals surface area contributed by atoms with Crippen molar-refractivity contribution >= 4 is 0 Å². The predicted molar refractivity (Wildman–Crippen MR) is 69.8 cm³/mol. The summed E-state index contributed by atoms with van der Waals surface area (Å²) in [5, 5.41) is 0. The number of rotatable bonds is 2. The van der Waals surface area contributed by atoms with Gasteiger partial charge in [-0.3, -0.25) is 4.90 Å². The monoisotopic (exact) mass is 278 g/mol. The molecule has 2 nitrogen and oxygen atoms in total. The molecule has 0 atom stereocenters. The average molecular weight is 278 g/mol. The van der Waals surface area contributed by atoms with Crippen LogP contribution in [0.2, 0.25) is 0 Å². The Morgan fingerprint density at radius 2 is 1.74 bits per heavy atom. The fraction of sp³-hybridized carbons (Fsp3) is 1.00. The Bertz CT molecular complexity index is 317. The molecule has 19 heavy (non-hydrogen) atoms. The lowest BCUT2D eigenvalue weighted by molar-refractivity contribution is -0.188. The first-order valence-corrected chi connectivity index (χ1v) is 7.20. The zero-order valence-electron chi connectivity index (χ0n) is 11.9. The third kappa shape index (κ3) is 3.07.